The minimum Gasteiger partial charge on any atom is -0.412 e. The zero-order chi connectivity index (χ0) is 16.2. The van der Waals surface area contributed by atoms with E-state index in [4.69, 9.17) is 27.6 Å². The van der Waals surface area contributed by atoms with Gasteiger partial charge in [0.15, 0.2) is 0 Å². The molecule has 0 unspecified atom stereocenters. The molecule has 5 nitrogen and oxygen atoms in total. The van der Waals surface area contributed by atoms with Gasteiger partial charge in [-0.2, -0.15) is 0 Å². The number of carbonyl (C=O) groups is 1. The van der Waals surface area contributed by atoms with Crippen molar-refractivity contribution in [1.82, 2.24) is 15.5 Å². The van der Waals surface area contributed by atoms with Gasteiger partial charge in [-0.05, 0) is 35.9 Å². The van der Waals surface area contributed by atoms with Crippen molar-refractivity contribution in [3.63, 3.8) is 0 Å². The van der Waals surface area contributed by atoms with Crippen molar-refractivity contribution < 1.29 is 9.21 Å². The van der Waals surface area contributed by atoms with Crippen molar-refractivity contribution in [3.05, 3.63) is 70.0 Å². The molecule has 7 heteroatoms. The van der Waals surface area contributed by atoms with Gasteiger partial charge in [0.2, 0.25) is 5.89 Å². The molecule has 0 saturated heterocycles. The smallest absolute Gasteiger partial charge is 0.309 e. The molecule has 116 valence electrons. The summed E-state index contributed by atoms with van der Waals surface area (Å²) in [6, 6.07) is 14.1. The predicted octanol–water partition coefficient (Wildman–Crippen LogP) is 3.97. The molecule has 0 atom stereocenters. The third-order valence-electron chi connectivity index (χ3n) is 3.11. The van der Waals surface area contributed by atoms with Gasteiger partial charge in [0.05, 0.1) is 0 Å². The Morgan fingerprint density at radius 2 is 1.78 bits per heavy atom. The predicted molar refractivity (Wildman–Crippen MR) is 87.4 cm³/mol. The van der Waals surface area contributed by atoms with Crippen molar-refractivity contribution in [1.29, 1.82) is 0 Å². The highest BCUT2D eigenvalue weighted by atomic mass is 35.5. The van der Waals surface area contributed by atoms with Crippen LogP contribution in [0.15, 0.2) is 52.9 Å². The van der Waals surface area contributed by atoms with Gasteiger partial charge in [-0.15, -0.1) is 10.2 Å². The molecule has 1 aromatic heterocycles. The molecule has 3 rings (SSSR count). The summed E-state index contributed by atoms with van der Waals surface area (Å²) in [6.45, 7) is 0.275. The number of carbonyl (C=O) groups excluding carboxylic acids is 1. The van der Waals surface area contributed by atoms with Crippen molar-refractivity contribution in [2.24, 2.45) is 0 Å². The van der Waals surface area contributed by atoms with Crippen molar-refractivity contribution in [2.45, 2.75) is 6.54 Å². The molecular weight excluding hydrogens is 337 g/mol. The van der Waals surface area contributed by atoms with E-state index in [9.17, 15) is 4.79 Å². The molecule has 0 aliphatic rings. The standard InChI is InChI=1S/C16H11Cl2N3O2/c17-12-7-5-10(6-8-12)15-20-21-16(23-15)14(22)19-9-11-3-1-2-4-13(11)18/h1-8H,9H2,(H,19,22). The third kappa shape index (κ3) is 3.70. The second-order valence-electron chi connectivity index (χ2n) is 4.69. The Hall–Kier alpha value is -2.37. The van der Waals surface area contributed by atoms with E-state index in [1.807, 2.05) is 18.2 Å². The number of amides is 1. The summed E-state index contributed by atoms with van der Waals surface area (Å²) >= 11 is 11.9. The van der Waals surface area contributed by atoms with Crippen LogP contribution in [0.4, 0.5) is 0 Å². The van der Waals surface area contributed by atoms with Crippen LogP contribution in [0.25, 0.3) is 11.5 Å². The minimum atomic E-state index is -0.461. The number of hydrogen-bond acceptors (Lipinski definition) is 4. The lowest BCUT2D eigenvalue weighted by atomic mass is 10.2. The molecule has 1 amide bonds. The van der Waals surface area contributed by atoms with Crippen molar-refractivity contribution in [2.75, 3.05) is 0 Å². The second kappa shape index (κ2) is 6.81. The monoisotopic (exact) mass is 347 g/mol. The number of halogens is 2. The maximum absolute atomic E-state index is 12.1. The molecule has 23 heavy (non-hydrogen) atoms. The number of hydrogen-bond donors (Lipinski definition) is 1. The number of rotatable bonds is 4. The number of benzene rings is 2. The zero-order valence-electron chi connectivity index (χ0n) is 11.8. The Morgan fingerprint density at radius 1 is 1.04 bits per heavy atom. The first-order valence-corrected chi connectivity index (χ1v) is 7.50. The molecule has 0 radical (unpaired) electrons. The summed E-state index contributed by atoms with van der Waals surface area (Å²) in [7, 11) is 0. The van der Waals surface area contributed by atoms with Crippen molar-refractivity contribution >= 4 is 29.1 Å². The van der Waals surface area contributed by atoms with Gasteiger partial charge in [-0.1, -0.05) is 41.4 Å². The Bertz CT molecular complexity index is 831. The fraction of sp³-hybridized carbons (Fsp3) is 0.0625. The van der Waals surface area contributed by atoms with Gasteiger partial charge in [-0.3, -0.25) is 4.79 Å². The highest BCUT2D eigenvalue weighted by Crippen LogP contribution is 2.20. The Morgan fingerprint density at radius 3 is 2.52 bits per heavy atom. The molecule has 1 N–H and O–H groups in total. The van der Waals surface area contributed by atoms with Crippen LogP contribution in [0.5, 0.6) is 0 Å². The molecule has 0 saturated carbocycles. The van der Waals surface area contributed by atoms with Crippen LogP contribution in [-0.2, 0) is 6.54 Å². The van der Waals surface area contributed by atoms with Crippen LogP contribution in [0.2, 0.25) is 10.0 Å². The summed E-state index contributed by atoms with van der Waals surface area (Å²) in [5.41, 5.74) is 1.49. The highest BCUT2D eigenvalue weighted by Gasteiger charge is 2.16. The molecule has 0 fully saturated rings. The van der Waals surface area contributed by atoms with Crippen LogP contribution in [0, 0.1) is 0 Å². The zero-order valence-corrected chi connectivity index (χ0v) is 13.3. The maximum Gasteiger partial charge on any atom is 0.309 e. The second-order valence-corrected chi connectivity index (χ2v) is 5.54. The summed E-state index contributed by atoms with van der Waals surface area (Å²) in [4.78, 5) is 12.1. The van der Waals surface area contributed by atoms with Crippen LogP contribution >= 0.6 is 23.2 Å². The molecule has 1 heterocycles. The summed E-state index contributed by atoms with van der Waals surface area (Å²) in [6.07, 6.45) is 0. The minimum absolute atomic E-state index is 0.109. The Balaban J connectivity index is 1.69. The van der Waals surface area contributed by atoms with Gasteiger partial charge in [0, 0.05) is 22.2 Å². The van der Waals surface area contributed by atoms with Crippen LogP contribution in [0.1, 0.15) is 16.2 Å². The van der Waals surface area contributed by atoms with Gasteiger partial charge in [0.25, 0.3) is 0 Å². The van der Waals surface area contributed by atoms with Gasteiger partial charge in [0.1, 0.15) is 0 Å². The lowest BCUT2D eigenvalue weighted by molar-refractivity contribution is 0.0917. The van der Waals surface area contributed by atoms with E-state index < -0.39 is 5.91 Å². The van der Waals surface area contributed by atoms with Crippen LogP contribution < -0.4 is 5.32 Å². The largest absolute Gasteiger partial charge is 0.412 e. The lowest BCUT2D eigenvalue weighted by Gasteiger charge is -2.04. The summed E-state index contributed by atoms with van der Waals surface area (Å²) < 4.78 is 5.38. The number of aromatic nitrogens is 2. The van der Waals surface area contributed by atoms with E-state index >= 15 is 0 Å². The first-order chi connectivity index (χ1) is 11.1. The van der Waals surface area contributed by atoms with Gasteiger partial charge in [-0.25, -0.2) is 0 Å². The third-order valence-corrected chi connectivity index (χ3v) is 3.73. The first-order valence-electron chi connectivity index (χ1n) is 6.74. The molecule has 0 aliphatic heterocycles. The topological polar surface area (TPSA) is 68.0 Å². The van der Waals surface area contributed by atoms with E-state index in [2.05, 4.69) is 15.5 Å². The Labute approximate surface area is 142 Å². The first kappa shape index (κ1) is 15.5. The summed E-state index contributed by atoms with van der Waals surface area (Å²) in [5.74, 6) is -0.316. The van der Waals surface area contributed by atoms with Gasteiger partial charge >= 0.3 is 11.8 Å². The number of nitrogens with one attached hydrogen (secondary N) is 1. The molecule has 0 bridgehead atoms. The molecular formula is C16H11Cl2N3O2. The van der Waals surface area contributed by atoms with E-state index in [0.29, 0.717) is 15.6 Å². The highest BCUT2D eigenvalue weighted by molar-refractivity contribution is 6.31. The van der Waals surface area contributed by atoms with Crippen LogP contribution in [0.3, 0.4) is 0 Å². The molecule has 0 aliphatic carbocycles. The molecule has 3 aromatic rings. The van der Waals surface area contributed by atoms with Crippen molar-refractivity contribution in [3.8, 4) is 11.5 Å². The maximum atomic E-state index is 12.1. The van der Waals surface area contributed by atoms with E-state index in [1.54, 1.807) is 30.3 Å². The fourth-order valence-electron chi connectivity index (χ4n) is 1.92. The molecule has 0 spiro atoms. The fourth-order valence-corrected chi connectivity index (χ4v) is 2.25. The summed E-state index contributed by atoms with van der Waals surface area (Å²) in [5, 5.41) is 11.5. The normalized spacial score (nSPS) is 10.5. The lowest BCUT2D eigenvalue weighted by Crippen LogP contribution is -2.23. The van der Waals surface area contributed by atoms with E-state index in [0.717, 1.165) is 5.56 Å². The van der Waals surface area contributed by atoms with E-state index in [-0.39, 0.29) is 18.3 Å². The van der Waals surface area contributed by atoms with E-state index in [1.165, 1.54) is 0 Å². The SMILES string of the molecule is O=C(NCc1ccccc1Cl)c1nnc(-c2ccc(Cl)cc2)o1. The average Bonchev–Trinajstić information content (AvgIpc) is 3.04. The quantitative estimate of drug-likeness (QED) is 0.775. The van der Waals surface area contributed by atoms with Crippen LogP contribution in [-0.4, -0.2) is 16.1 Å². The Kier molecular flexibility index (Phi) is 4.60. The average molecular weight is 348 g/mol. The van der Waals surface area contributed by atoms with Gasteiger partial charge < -0.3 is 9.73 Å². The molecule has 2 aromatic carbocycles. The number of nitrogens with zero attached hydrogens (tertiary/aromatic N) is 2.